The number of nitrogens with zero attached hydrogens (tertiary/aromatic N) is 1. The number of aromatic nitrogens is 1. The zero-order valence-corrected chi connectivity index (χ0v) is 17.7. The number of hydrogen-bond acceptors (Lipinski definition) is 2. The van der Waals surface area contributed by atoms with Gasteiger partial charge in [-0.15, -0.1) is 0 Å². The van der Waals surface area contributed by atoms with Gasteiger partial charge in [-0.05, 0) is 58.7 Å². The molecule has 6 N–H and O–H groups in total. The second-order valence-electron chi connectivity index (χ2n) is 8.01. The number of benzene rings is 4. The first-order valence-corrected chi connectivity index (χ1v) is 10.3. The van der Waals surface area contributed by atoms with Crippen LogP contribution in [0.25, 0.3) is 44.1 Å². The van der Waals surface area contributed by atoms with Crippen LogP contribution in [0, 0.1) is 10.8 Å². The molecule has 1 aromatic heterocycles. The zero-order chi connectivity index (χ0) is 22.4. The minimum absolute atomic E-state index is 0.0653. The molecular formula is C27H23N5. The van der Waals surface area contributed by atoms with E-state index in [-0.39, 0.29) is 11.7 Å². The average Bonchev–Trinajstić information content (AvgIpc) is 3.10. The molecule has 0 saturated heterocycles. The third kappa shape index (κ3) is 3.20. The average molecular weight is 418 g/mol. The van der Waals surface area contributed by atoms with Crippen molar-refractivity contribution in [1.29, 1.82) is 10.8 Å². The summed E-state index contributed by atoms with van der Waals surface area (Å²) in [5, 5.41) is 17.8. The lowest BCUT2D eigenvalue weighted by molar-refractivity contribution is 1.01. The first kappa shape index (κ1) is 19.6. The number of fused-ring (bicyclic) bond motifs is 3. The van der Waals surface area contributed by atoms with Gasteiger partial charge in [0.1, 0.15) is 11.7 Å². The first-order chi connectivity index (χ1) is 15.4. The van der Waals surface area contributed by atoms with Crippen molar-refractivity contribution in [3.63, 3.8) is 0 Å². The summed E-state index contributed by atoms with van der Waals surface area (Å²) in [6.45, 7) is 0. The molecule has 0 amide bonds. The van der Waals surface area contributed by atoms with Gasteiger partial charge in [-0.1, -0.05) is 48.5 Å². The highest BCUT2D eigenvalue weighted by atomic mass is 14.9. The van der Waals surface area contributed by atoms with E-state index in [1.165, 1.54) is 0 Å². The van der Waals surface area contributed by atoms with E-state index in [9.17, 15) is 0 Å². The first-order valence-electron chi connectivity index (χ1n) is 10.3. The van der Waals surface area contributed by atoms with Crippen LogP contribution in [0.5, 0.6) is 0 Å². The summed E-state index contributed by atoms with van der Waals surface area (Å²) in [4.78, 5) is 0. The van der Waals surface area contributed by atoms with Gasteiger partial charge < -0.3 is 16.0 Å². The predicted octanol–water partition coefficient (Wildman–Crippen LogP) is 5.23. The summed E-state index contributed by atoms with van der Waals surface area (Å²) < 4.78 is 2.20. The number of nitrogen functional groups attached to an aromatic ring is 2. The van der Waals surface area contributed by atoms with E-state index in [1.807, 2.05) is 48.5 Å². The molecule has 0 spiro atoms. The van der Waals surface area contributed by atoms with Crippen molar-refractivity contribution < 1.29 is 0 Å². The van der Waals surface area contributed by atoms with Gasteiger partial charge in [-0.3, -0.25) is 10.8 Å². The van der Waals surface area contributed by atoms with E-state index in [4.69, 9.17) is 22.3 Å². The Hall–Kier alpha value is -4.38. The molecule has 0 radical (unpaired) electrons. The molecule has 0 aliphatic heterocycles. The van der Waals surface area contributed by atoms with E-state index in [0.29, 0.717) is 11.1 Å². The van der Waals surface area contributed by atoms with Crippen molar-refractivity contribution in [3.05, 3.63) is 96.1 Å². The Morgan fingerprint density at radius 2 is 1.00 bits per heavy atom. The van der Waals surface area contributed by atoms with Gasteiger partial charge in [-0.2, -0.15) is 0 Å². The van der Waals surface area contributed by atoms with Crippen LogP contribution in [0.15, 0.2) is 84.9 Å². The molecule has 0 aliphatic rings. The molecule has 4 aromatic carbocycles. The standard InChI is InChI=1S/C27H23N5/c1-32-24-10-8-18(16-4-2-6-20(12-16)26(28)29)14-22(24)23-15-19(9-11-25(23)32)17-5-3-7-21(13-17)27(30)31/h2-15H,1H3,(H3,28,29)(H3,30,31). The Balaban J connectivity index is 1.70. The highest BCUT2D eigenvalue weighted by molar-refractivity contribution is 6.10. The maximum absolute atomic E-state index is 7.74. The van der Waals surface area contributed by atoms with E-state index < -0.39 is 0 Å². The van der Waals surface area contributed by atoms with Crippen LogP contribution in [0.4, 0.5) is 0 Å². The number of amidine groups is 2. The fraction of sp³-hybridized carbons (Fsp3) is 0.0370. The Morgan fingerprint density at radius 1 is 0.594 bits per heavy atom. The SMILES string of the molecule is Cn1c2ccc(-c3cccc(C(=N)N)c3)cc2c2cc(-c3cccc(C(=N)N)c3)ccc21. The van der Waals surface area contributed by atoms with Crippen molar-refractivity contribution in [1.82, 2.24) is 4.57 Å². The van der Waals surface area contributed by atoms with Gasteiger partial charge in [-0.25, -0.2) is 0 Å². The monoisotopic (exact) mass is 417 g/mol. The van der Waals surface area contributed by atoms with Gasteiger partial charge in [0.25, 0.3) is 0 Å². The van der Waals surface area contributed by atoms with Crippen LogP contribution in [0.3, 0.4) is 0 Å². The fourth-order valence-electron chi connectivity index (χ4n) is 4.31. The highest BCUT2D eigenvalue weighted by Crippen LogP contribution is 2.35. The lowest BCUT2D eigenvalue weighted by Gasteiger charge is -2.06. The number of nitrogens with one attached hydrogen (secondary N) is 2. The van der Waals surface area contributed by atoms with Crippen molar-refractivity contribution >= 4 is 33.5 Å². The number of hydrogen-bond donors (Lipinski definition) is 4. The Labute approximate surface area is 185 Å². The zero-order valence-electron chi connectivity index (χ0n) is 17.7. The maximum Gasteiger partial charge on any atom is 0.122 e. The molecule has 5 aromatic rings. The molecule has 5 heteroatoms. The van der Waals surface area contributed by atoms with Crippen molar-refractivity contribution in [3.8, 4) is 22.3 Å². The Morgan fingerprint density at radius 3 is 1.41 bits per heavy atom. The van der Waals surface area contributed by atoms with Gasteiger partial charge in [0.15, 0.2) is 0 Å². The van der Waals surface area contributed by atoms with Crippen molar-refractivity contribution in [2.75, 3.05) is 0 Å². The number of aryl methyl sites for hydroxylation is 1. The molecule has 156 valence electrons. The molecule has 0 atom stereocenters. The molecule has 32 heavy (non-hydrogen) atoms. The predicted molar refractivity (Wildman–Crippen MR) is 133 cm³/mol. The van der Waals surface area contributed by atoms with Gasteiger partial charge in [0, 0.05) is 40.0 Å². The molecule has 0 fully saturated rings. The molecule has 5 nitrogen and oxygen atoms in total. The largest absolute Gasteiger partial charge is 0.384 e. The summed E-state index contributed by atoms with van der Waals surface area (Å²) in [5.41, 5.74) is 19.3. The third-order valence-corrected chi connectivity index (χ3v) is 6.02. The van der Waals surface area contributed by atoms with Gasteiger partial charge in [0.05, 0.1) is 0 Å². The Bertz CT molecular complexity index is 1430. The second-order valence-corrected chi connectivity index (χ2v) is 8.01. The summed E-state index contributed by atoms with van der Waals surface area (Å²) in [7, 11) is 2.08. The van der Waals surface area contributed by atoms with Crippen LogP contribution < -0.4 is 11.5 Å². The summed E-state index contributed by atoms with van der Waals surface area (Å²) in [5.74, 6) is 0.131. The molecule has 5 rings (SSSR count). The minimum atomic E-state index is 0.0653. The van der Waals surface area contributed by atoms with E-state index >= 15 is 0 Å². The summed E-state index contributed by atoms with van der Waals surface area (Å²) >= 11 is 0. The molecule has 0 unspecified atom stereocenters. The van der Waals surface area contributed by atoms with E-state index in [2.05, 4.69) is 48.0 Å². The van der Waals surface area contributed by atoms with Crippen molar-refractivity contribution in [2.24, 2.45) is 18.5 Å². The third-order valence-electron chi connectivity index (χ3n) is 6.02. The minimum Gasteiger partial charge on any atom is -0.384 e. The van der Waals surface area contributed by atoms with Crippen LogP contribution in [-0.2, 0) is 7.05 Å². The topological polar surface area (TPSA) is 105 Å². The smallest absolute Gasteiger partial charge is 0.122 e. The van der Waals surface area contributed by atoms with Crippen LogP contribution >= 0.6 is 0 Å². The lowest BCUT2D eigenvalue weighted by Crippen LogP contribution is -2.10. The fourth-order valence-corrected chi connectivity index (χ4v) is 4.31. The normalized spacial score (nSPS) is 11.2. The number of nitrogens with two attached hydrogens (primary N) is 2. The molecular weight excluding hydrogens is 394 g/mol. The van der Waals surface area contributed by atoms with Crippen LogP contribution in [-0.4, -0.2) is 16.2 Å². The highest BCUT2D eigenvalue weighted by Gasteiger charge is 2.12. The van der Waals surface area contributed by atoms with Gasteiger partial charge in [0.2, 0.25) is 0 Å². The molecule has 0 aliphatic carbocycles. The van der Waals surface area contributed by atoms with E-state index in [1.54, 1.807) is 0 Å². The lowest BCUT2D eigenvalue weighted by atomic mass is 9.98. The molecule has 1 heterocycles. The van der Waals surface area contributed by atoms with Crippen molar-refractivity contribution in [2.45, 2.75) is 0 Å². The quantitative estimate of drug-likeness (QED) is 0.237. The molecule has 0 bridgehead atoms. The summed E-state index contributed by atoms with van der Waals surface area (Å²) in [6.07, 6.45) is 0. The maximum atomic E-state index is 7.74. The van der Waals surface area contributed by atoms with Crippen LogP contribution in [0.1, 0.15) is 11.1 Å². The second kappa shape index (κ2) is 7.39. The van der Waals surface area contributed by atoms with E-state index in [0.717, 1.165) is 44.1 Å². The summed E-state index contributed by atoms with van der Waals surface area (Å²) in [6, 6.07) is 28.4. The Kier molecular flexibility index (Phi) is 4.52. The van der Waals surface area contributed by atoms with Crippen LogP contribution in [0.2, 0.25) is 0 Å². The molecule has 0 saturated carbocycles. The number of rotatable bonds is 4. The van der Waals surface area contributed by atoms with Gasteiger partial charge >= 0.3 is 0 Å².